The molecule has 1 aromatic heterocycles. The fraction of sp³-hybridized carbons (Fsp3) is 0.556. The molecule has 3 heterocycles. The van der Waals surface area contributed by atoms with E-state index >= 15 is 0 Å². The van der Waals surface area contributed by atoms with Crippen molar-refractivity contribution in [1.29, 1.82) is 0 Å². The Morgan fingerprint density at radius 3 is 2.68 bits per heavy atom. The summed E-state index contributed by atoms with van der Waals surface area (Å²) in [4.78, 5) is 2.18. The van der Waals surface area contributed by atoms with Crippen LogP contribution in [-0.2, 0) is 32.6 Å². The van der Waals surface area contributed by atoms with Gasteiger partial charge in [-0.25, -0.2) is 17.8 Å². The van der Waals surface area contributed by atoms with Crippen LogP contribution in [0.15, 0.2) is 36.5 Å². The molecule has 2 saturated heterocycles. The van der Waals surface area contributed by atoms with Gasteiger partial charge < -0.3 is 9.47 Å². The van der Waals surface area contributed by atoms with E-state index in [4.69, 9.17) is 9.47 Å². The summed E-state index contributed by atoms with van der Waals surface area (Å²) in [5.74, 6) is 0. The van der Waals surface area contributed by atoms with Crippen LogP contribution in [0.1, 0.15) is 17.3 Å². The Hall–Kier alpha value is -1.85. The van der Waals surface area contributed by atoms with Gasteiger partial charge in [0.05, 0.1) is 37.4 Å². The van der Waals surface area contributed by atoms with Crippen LogP contribution in [-0.4, -0.2) is 73.1 Å². The first-order valence-corrected chi connectivity index (χ1v) is 11.1. The smallest absolute Gasteiger partial charge is 0.209 e. The van der Waals surface area contributed by atoms with Crippen LogP contribution in [0.4, 0.5) is 0 Å². The highest BCUT2D eigenvalue weighted by molar-refractivity contribution is 7.88. The van der Waals surface area contributed by atoms with Gasteiger partial charge in [-0.1, -0.05) is 35.5 Å². The van der Waals surface area contributed by atoms with E-state index in [9.17, 15) is 8.42 Å². The molecule has 1 N–H and O–H groups in total. The second-order valence-electron chi connectivity index (χ2n) is 7.51. The highest BCUT2D eigenvalue weighted by Crippen LogP contribution is 2.34. The Morgan fingerprint density at radius 1 is 1.18 bits per heavy atom. The molecule has 0 amide bonds. The van der Waals surface area contributed by atoms with E-state index in [0.717, 1.165) is 18.5 Å². The highest BCUT2D eigenvalue weighted by atomic mass is 32.2. The molecule has 2 aliphatic rings. The van der Waals surface area contributed by atoms with Gasteiger partial charge in [-0.05, 0) is 12.6 Å². The van der Waals surface area contributed by atoms with Gasteiger partial charge in [-0.3, -0.25) is 4.90 Å². The molecular formula is C18H25N5O4S. The van der Waals surface area contributed by atoms with Gasteiger partial charge in [-0.2, -0.15) is 0 Å². The van der Waals surface area contributed by atoms with Gasteiger partial charge in [0, 0.05) is 13.1 Å². The van der Waals surface area contributed by atoms with E-state index in [0.29, 0.717) is 19.8 Å². The molecule has 0 spiro atoms. The quantitative estimate of drug-likeness (QED) is 0.698. The second-order valence-corrected chi connectivity index (χ2v) is 9.29. The SMILES string of the molecule is CN(Cc1ccccc1)Cc1cn(C2COC3C(NS(C)(=O)=O)COC32)nn1. The Kier molecular flexibility index (Phi) is 5.48. The number of hydrogen-bond acceptors (Lipinski definition) is 7. The number of benzene rings is 1. The number of aromatic nitrogens is 3. The minimum absolute atomic E-state index is 0.114. The summed E-state index contributed by atoms with van der Waals surface area (Å²) < 4.78 is 39.0. The van der Waals surface area contributed by atoms with Crippen molar-refractivity contribution in [2.75, 3.05) is 26.5 Å². The lowest BCUT2D eigenvalue weighted by Crippen LogP contribution is -2.43. The number of fused-ring (bicyclic) bond motifs is 1. The Morgan fingerprint density at radius 2 is 1.93 bits per heavy atom. The number of sulfonamides is 1. The van der Waals surface area contributed by atoms with Crippen LogP contribution in [0.3, 0.4) is 0 Å². The van der Waals surface area contributed by atoms with Crippen molar-refractivity contribution >= 4 is 10.0 Å². The summed E-state index contributed by atoms with van der Waals surface area (Å²) in [5.41, 5.74) is 2.11. The third-order valence-corrected chi connectivity index (χ3v) is 5.75. The predicted molar refractivity (Wildman–Crippen MR) is 102 cm³/mol. The van der Waals surface area contributed by atoms with Crippen molar-refractivity contribution in [3.05, 3.63) is 47.8 Å². The molecule has 1 aromatic carbocycles. The molecule has 152 valence electrons. The molecule has 0 saturated carbocycles. The minimum Gasteiger partial charge on any atom is -0.371 e. The third kappa shape index (κ3) is 4.41. The number of rotatable bonds is 7. The lowest BCUT2D eigenvalue weighted by molar-refractivity contribution is 0.0624. The van der Waals surface area contributed by atoms with E-state index in [2.05, 4.69) is 32.1 Å². The van der Waals surface area contributed by atoms with Gasteiger partial charge >= 0.3 is 0 Å². The van der Waals surface area contributed by atoms with Crippen molar-refractivity contribution in [1.82, 2.24) is 24.6 Å². The largest absolute Gasteiger partial charge is 0.371 e. The topological polar surface area (TPSA) is 98.6 Å². The average molecular weight is 407 g/mol. The molecule has 2 aromatic rings. The molecule has 0 bridgehead atoms. The summed E-state index contributed by atoms with van der Waals surface area (Å²) in [6, 6.07) is 9.78. The first kappa shape index (κ1) is 19.5. The van der Waals surface area contributed by atoms with Crippen molar-refractivity contribution in [2.45, 2.75) is 37.4 Å². The van der Waals surface area contributed by atoms with Gasteiger partial charge in [0.2, 0.25) is 10.0 Å². The van der Waals surface area contributed by atoms with E-state index in [1.165, 1.54) is 5.56 Å². The number of nitrogens with zero attached hydrogens (tertiary/aromatic N) is 4. The third-order valence-electron chi connectivity index (χ3n) is 5.02. The normalized spacial score (nSPS) is 27.4. The fourth-order valence-corrected chi connectivity index (χ4v) is 4.61. The Labute approximate surface area is 164 Å². The summed E-state index contributed by atoms with van der Waals surface area (Å²) in [5, 5.41) is 8.54. The van der Waals surface area contributed by atoms with Gasteiger partial charge in [-0.15, -0.1) is 5.10 Å². The number of hydrogen-bond donors (Lipinski definition) is 1. The van der Waals surface area contributed by atoms with Crippen molar-refractivity contribution < 1.29 is 17.9 Å². The molecule has 0 radical (unpaired) electrons. The first-order valence-electron chi connectivity index (χ1n) is 9.23. The maximum Gasteiger partial charge on any atom is 0.209 e. The fourth-order valence-electron chi connectivity index (χ4n) is 3.86. The number of ether oxygens (including phenoxy) is 2. The van der Waals surface area contributed by atoms with Crippen molar-refractivity contribution in [2.24, 2.45) is 0 Å². The standard InChI is InChI=1S/C18H25N5O4S/c1-22(8-13-6-4-3-5-7-13)9-14-10-23(21-19-14)16-12-27-17-15(11-26-18(16)17)20-28(2,24)25/h3-7,10,15-18,20H,8-9,11-12H2,1-2H3. The van der Waals surface area contributed by atoms with Gasteiger partial charge in [0.1, 0.15) is 18.2 Å². The molecular weight excluding hydrogens is 382 g/mol. The number of nitrogens with one attached hydrogen (secondary N) is 1. The lowest BCUT2D eigenvalue weighted by atomic mass is 10.1. The van der Waals surface area contributed by atoms with Crippen molar-refractivity contribution in [3.63, 3.8) is 0 Å². The summed E-state index contributed by atoms with van der Waals surface area (Å²) >= 11 is 0. The monoisotopic (exact) mass is 407 g/mol. The molecule has 4 atom stereocenters. The zero-order chi connectivity index (χ0) is 19.7. The first-order chi connectivity index (χ1) is 13.4. The van der Waals surface area contributed by atoms with Crippen LogP contribution in [0, 0.1) is 0 Å². The molecule has 4 unspecified atom stereocenters. The Balaban J connectivity index is 1.37. The summed E-state index contributed by atoms with van der Waals surface area (Å²) in [6.07, 6.45) is 2.50. The summed E-state index contributed by atoms with van der Waals surface area (Å²) in [7, 11) is -1.27. The molecule has 28 heavy (non-hydrogen) atoms. The second kappa shape index (κ2) is 7.88. The van der Waals surface area contributed by atoms with Crippen LogP contribution in [0.5, 0.6) is 0 Å². The molecule has 10 heteroatoms. The predicted octanol–water partition coefficient (Wildman–Crippen LogP) is 0.167. The lowest BCUT2D eigenvalue weighted by Gasteiger charge is -2.17. The zero-order valence-corrected chi connectivity index (χ0v) is 16.7. The van der Waals surface area contributed by atoms with Crippen LogP contribution < -0.4 is 4.72 Å². The maximum atomic E-state index is 11.5. The van der Waals surface area contributed by atoms with Crippen LogP contribution in [0.2, 0.25) is 0 Å². The molecule has 9 nitrogen and oxygen atoms in total. The van der Waals surface area contributed by atoms with Gasteiger partial charge in [0.15, 0.2) is 0 Å². The van der Waals surface area contributed by atoms with E-state index in [1.807, 2.05) is 31.4 Å². The van der Waals surface area contributed by atoms with Crippen molar-refractivity contribution in [3.8, 4) is 0 Å². The van der Waals surface area contributed by atoms with E-state index in [1.54, 1.807) is 4.68 Å². The van der Waals surface area contributed by atoms with Crippen LogP contribution >= 0.6 is 0 Å². The molecule has 2 fully saturated rings. The van der Waals surface area contributed by atoms with E-state index in [-0.39, 0.29) is 24.3 Å². The average Bonchev–Trinajstić information content (AvgIpc) is 3.32. The molecule has 2 aliphatic heterocycles. The molecule has 0 aliphatic carbocycles. The summed E-state index contributed by atoms with van der Waals surface area (Å²) in [6.45, 7) is 2.21. The zero-order valence-electron chi connectivity index (χ0n) is 15.9. The highest BCUT2D eigenvalue weighted by Gasteiger charge is 2.49. The maximum absolute atomic E-state index is 11.5. The molecule has 4 rings (SSSR count). The van der Waals surface area contributed by atoms with E-state index < -0.39 is 10.0 Å². The van der Waals surface area contributed by atoms with Gasteiger partial charge in [0.25, 0.3) is 0 Å². The minimum atomic E-state index is -3.31. The Bertz CT molecular complexity index is 904. The van der Waals surface area contributed by atoms with Crippen LogP contribution in [0.25, 0.3) is 0 Å².